The molecular formula is C24H26ClNO4. The molecule has 6 heteroatoms. The van der Waals surface area contributed by atoms with Crippen LogP contribution in [0.4, 0.5) is 0 Å². The van der Waals surface area contributed by atoms with Crippen LogP contribution >= 0.6 is 11.6 Å². The number of nitrogens with zero attached hydrogens (tertiary/aromatic N) is 1. The molecule has 0 radical (unpaired) electrons. The maximum atomic E-state index is 12.9. The Morgan fingerprint density at radius 2 is 1.87 bits per heavy atom. The molecule has 5 nitrogen and oxygen atoms in total. The van der Waals surface area contributed by atoms with Crippen molar-refractivity contribution in [1.29, 1.82) is 0 Å². The van der Waals surface area contributed by atoms with E-state index in [1.165, 1.54) is 0 Å². The van der Waals surface area contributed by atoms with Crippen molar-refractivity contribution in [2.24, 2.45) is 0 Å². The van der Waals surface area contributed by atoms with Crippen molar-refractivity contribution in [2.45, 2.75) is 46.0 Å². The van der Waals surface area contributed by atoms with E-state index in [1.807, 2.05) is 57.2 Å². The molecule has 0 spiro atoms. The molecule has 0 aliphatic rings. The molecule has 0 saturated carbocycles. The minimum atomic E-state index is -1.01. The second-order valence-electron chi connectivity index (χ2n) is 7.81. The van der Waals surface area contributed by atoms with Gasteiger partial charge in [-0.05, 0) is 45.4 Å². The number of hydrogen-bond donors (Lipinski definition) is 0. The summed E-state index contributed by atoms with van der Waals surface area (Å²) in [5.74, 6) is -0.104. The maximum absolute atomic E-state index is 12.9. The number of ether oxygens (including phenoxy) is 3. The zero-order chi connectivity index (χ0) is 21.7. The SMILES string of the molecule is CCOC(=O)C(OC(C)(C)C)c1c(OCc2ccccc2)c(Cl)cc2ncccc12. The molecule has 1 heterocycles. The van der Waals surface area contributed by atoms with E-state index >= 15 is 0 Å². The molecule has 0 bridgehead atoms. The predicted molar refractivity (Wildman–Crippen MR) is 118 cm³/mol. The molecule has 0 amide bonds. The van der Waals surface area contributed by atoms with Gasteiger partial charge in [0.2, 0.25) is 0 Å². The molecule has 1 unspecified atom stereocenters. The normalized spacial score (nSPS) is 12.6. The molecule has 1 aromatic heterocycles. The summed E-state index contributed by atoms with van der Waals surface area (Å²) in [6.45, 7) is 7.94. The van der Waals surface area contributed by atoms with Gasteiger partial charge in [0, 0.05) is 17.1 Å². The Bertz CT molecular complexity index is 1010. The summed E-state index contributed by atoms with van der Waals surface area (Å²) in [5.41, 5.74) is 1.55. The van der Waals surface area contributed by atoms with Gasteiger partial charge < -0.3 is 14.2 Å². The summed E-state index contributed by atoms with van der Waals surface area (Å²) in [5, 5.41) is 1.09. The largest absolute Gasteiger partial charge is 0.487 e. The van der Waals surface area contributed by atoms with E-state index in [-0.39, 0.29) is 6.61 Å². The van der Waals surface area contributed by atoms with Gasteiger partial charge in [0.1, 0.15) is 12.4 Å². The smallest absolute Gasteiger partial charge is 0.340 e. The Hall–Kier alpha value is -2.63. The van der Waals surface area contributed by atoms with Crippen molar-refractivity contribution in [2.75, 3.05) is 6.61 Å². The number of benzene rings is 2. The maximum Gasteiger partial charge on any atom is 0.340 e. The fourth-order valence-corrected chi connectivity index (χ4v) is 3.39. The van der Waals surface area contributed by atoms with E-state index < -0.39 is 17.7 Å². The summed E-state index contributed by atoms with van der Waals surface area (Å²) < 4.78 is 17.6. The van der Waals surface area contributed by atoms with E-state index in [4.69, 9.17) is 25.8 Å². The number of aromatic nitrogens is 1. The number of carbonyl (C=O) groups excluding carboxylic acids is 1. The molecular weight excluding hydrogens is 402 g/mol. The lowest BCUT2D eigenvalue weighted by Gasteiger charge is -2.28. The third kappa shape index (κ3) is 5.29. The Morgan fingerprint density at radius 3 is 2.53 bits per heavy atom. The summed E-state index contributed by atoms with van der Waals surface area (Å²) in [6, 6.07) is 15.2. The first kappa shape index (κ1) is 22.1. The molecule has 0 fully saturated rings. The van der Waals surface area contributed by atoms with Crippen LogP contribution in [0.25, 0.3) is 10.9 Å². The summed E-state index contributed by atoms with van der Waals surface area (Å²) in [7, 11) is 0. The lowest BCUT2D eigenvalue weighted by Crippen LogP contribution is -2.29. The first-order valence-electron chi connectivity index (χ1n) is 9.88. The van der Waals surface area contributed by atoms with Crippen molar-refractivity contribution in [3.8, 4) is 5.75 Å². The van der Waals surface area contributed by atoms with Crippen molar-refractivity contribution in [3.05, 3.63) is 70.9 Å². The van der Waals surface area contributed by atoms with Gasteiger partial charge in [-0.2, -0.15) is 0 Å². The number of pyridine rings is 1. The van der Waals surface area contributed by atoms with Crippen LogP contribution in [0, 0.1) is 0 Å². The quantitative estimate of drug-likeness (QED) is 0.440. The Kier molecular flexibility index (Phi) is 6.95. The zero-order valence-corrected chi connectivity index (χ0v) is 18.4. The fraction of sp³-hybridized carbons (Fsp3) is 0.333. The molecule has 30 heavy (non-hydrogen) atoms. The van der Waals surface area contributed by atoms with Gasteiger partial charge in [-0.3, -0.25) is 4.98 Å². The van der Waals surface area contributed by atoms with Crippen LogP contribution in [0.5, 0.6) is 5.75 Å². The van der Waals surface area contributed by atoms with Gasteiger partial charge in [-0.25, -0.2) is 4.79 Å². The molecule has 0 aliphatic heterocycles. The van der Waals surface area contributed by atoms with Crippen molar-refractivity contribution >= 4 is 28.5 Å². The highest BCUT2D eigenvalue weighted by atomic mass is 35.5. The van der Waals surface area contributed by atoms with Gasteiger partial charge in [0.25, 0.3) is 0 Å². The molecule has 2 aromatic carbocycles. The highest BCUT2D eigenvalue weighted by Gasteiger charge is 2.33. The predicted octanol–water partition coefficient (Wildman–Crippen LogP) is 5.89. The van der Waals surface area contributed by atoms with Gasteiger partial charge in [0.05, 0.1) is 22.7 Å². The van der Waals surface area contributed by atoms with E-state index in [2.05, 4.69) is 4.98 Å². The number of halogens is 1. The zero-order valence-electron chi connectivity index (χ0n) is 17.6. The number of rotatable bonds is 7. The minimum Gasteiger partial charge on any atom is -0.487 e. The van der Waals surface area contributed by atoms with Crippen molar-refractivity contribution < 1.29 is 19.0 Å². The number of esters is 1. The molecule has 3 aromatic rings. The highest BCUT2D eigenvalue weighted by molar-refractivity contribution is 6.33. The van der Waals surface area contributed by atoms with Crippen LogP contribution in [-0.4, -0.2) is 23.2 Å². The van der Waals surface area contributed by atoms with Crippen molar-refractivity contribution in [1.82, 2.24) is 4.98 Å². The van der Waals surface area contributed by atoms with Crippen LogP contribution in [0.3, 0.4) is 0 Å². The molecule has 0 aliphatic carbocycles. The third-order valence-electron chi connectivity index (χ3n) is 4.31. The monoisotopic (exact) mass is 427 g/mol. The Balaban J connectivity index is 2.15. The standard InChI is InChI=1S/C24H26ClNO4/c1-5-28-23(27)22(30-24(2,3)4)20-17-12-9-13-26-19(17)14-18(25)21(20)29-15-16-10-7-6-8-11-16/h6-14,22H,5,15H2,1-4H3. The van der Waals surface area contributed by atoms with Gasteiger partial charge in [-0.1, -0.05) is 48.0 Å². The first-order chi connectivity index (χ1) is 14.3. The van der Waals surface area contributed by atoms with E-state index in [0.717, 1.165) is 10.9 Å². The number of hydrogen-bond acceptors (Lipinski definition) is 5. The minimum absolute atomic E-state index is 0.236. The second kappa shape index (κ2) is 9.45. The highest BCUT2D eigenvalue weighted by Crippen LogP contribution is 2.42. The number of carbonyl (C=O) groups is 1. The molecule has 0 saturated heterocycles. The molecule has 158 valence electrons. The summed E-state index contributed by atoms with van der Waals surface area (Å²) >= 11 is 6.60. The molecule has 0 N–H and O–H groups in total. The van der Waals surface area contributed by atoms with Gasteiger partial charge in [-0.15, -0.1) is 0 Å². The third-order valence-corrected chi connectivity index (χ3v) is 4.59. The van der Waals surface area contributed by atoms with Crippen LogP contribution in [0.2, 0.25) is 5.02 Å². The van der Waals surface area contributed by atoms with Gasteiger partial charge >= 0.3 is 5.97 Å². The van der Waals surface area contributed by atoms with Gasteiger partial charge in [0.15, 0.2) is 6.10 Å². The van der Waals surface area contributed by atoms with E-state index in [1.54, 1.807) is 25.3 Å². The van der Waals surface area contributed by atoms with E-state index in [9.17, 15) is 4.79 Å². The lowest BCUT2D eigenvalue weighted by atomic mass is 10.0. The summed E-state index contributed by atoms with van der Waals surface area (Å²) in [6.07, 6.45) is 0.665. The van der Waals surface area contributed by atoms with Crippen LogP contribution in [0.15, 0.2) is 54.7 Å². The molecule has 1 atom stereocenters. The van der Waals surface area contributed by atoms with Crippen LogP contribution in [0.1, 0.15) is 44.9 Å². The molecule has 3 rings (SSSR count). The summed E-state index contributed by atoms with van der Waals surface area (Å²) in [4.78, 5) is 17.3. The second-order valence-corrected chi connectivity index (χ2v) is 8.22. The first-order valence-corrected chi connectivity index (χ1v) is 10.3. The van der Waals surface area contributed by atoms with E-state index in [0.29, 0.717) is 28.5 Å². The fourth-order valence-electron chi connectivity index (χ4n) is 3.13. The van der Waals surface area contributed by atoms with Crippen LogP contribution in [-0.2, 0) is 20.9 Å². The van der Waals surface area contributed by atoms with Crippen LogP contribution < -0.4 is 4.74 Å². The average molecular weight is 428 g/mol. The average Bonchev–Trinajstić information content (AvgIpc) is 2.70. The topological polar surface area (TPSA) is 57.7 Å². The Morgan fingerprint density at radius 1 is 1.13 bits per heavy atom. The van der Waals surface area contributed by atoms with Crippen molar-refractivity contribution in [3.63, 3.8) is 0 Å². The lowest BCUT2D eigenvalue weighted by molar-refractivity contribution is -0.166. The number of fused-ring (bicyclic) bond motifs is 1. The Labute approximate surface area is 181 Å².